The van der Waals surface area contributed by atoms with E-state index in [1.807, 2.05) is 19.9 Å². The van der Waals surface area contributed by atoms with Crippen LogP contribution in [0, 0.1) is 28.1 Å². The first-order valence-electron chi connectivity index (χ1n) is 16.2. The smallest absolute Gasteiger partial charge is 0.333 e. The van der Waals surface area contributed by atoms with Gasteiger partial charge in [0.15, 0.2) is 0 Å². The molecule has 256 valence electrons. The van der Waals surface area contributed by atoms with Gasteiger partial charge in [-0.25, -0.2) is 4.79 Å². The molecule has 0 N–H and O–H groups in total. The number of aldehydes is 1. The van der Waals surface area contributed by atoms with Gasteiger partial charge in [-0.2, -0.15) is 0 Å². The van der Waals surface area contributed by atoms with Gasteiger partial charge in [-0.05, 0) is 57.2 Å². The molecule has 2 heterocycles. The molecule has 4 aliphatic rings. The van der Waals surface area contributed by atoms with Crippen LogP contribution in [0.1, 0.15) is 86.1 Å². The van der Waals surface area contributed by atoms with Crippen molar-refractivity contribution in [3.05, 3.63) is 47.0 Å². The van der Waals surface area contributed by atoms with Gasteiger partial charge in [0.05, 0.1) is 31.2 Å². The minimum atomic E-state index is -1.43. The highest BCUT2D eigenvalue weighted by atomic mass is 16.6. The van der Waals surface area contributed by atoms with Crippen molar-refractivity contribution >= 4 is 30.2 Å². The number of ether oxygens (including phenoxy) is 5. The Hall–Kier alpha value is -3.73. The van der Waals surface area contributed by atoms with E-state index in [2.05, 4.69) is 6.92 Å². The van der Waals surface area contributed by atoms with Crippen LogP contribution < -0.4 is 0 Å². The Morgan fingerprint density at radius 1 is 1.00 bits per heavy atom. The van der Waals surface area contributed by atoms with E-state index in [9.17, 15) is 24.0 Å². The molecule has 0 aromatic carbocycles. The van der Waals surface area contributed by atoms with Gasteiger partial charge in [0, 0.05) is 54.9 Å². The normalized spacial score (nSPS) is 39.3. The minimum Gasteiger partial charge on any atom is -0.472 e. The zero-order valence-electron chi connectivity index (χ0n) is 28.6. The second-order valence-corrected chi connectivity index (χ2v) is 14.2. The van der Waals surface area contributed by atoms with E-state index < -0.39 is 76.4 Å². The number of fused-ring (bicyclic) bond motifs is 4. The number of methoxy groups -OCH3 is 1. The minimum absolute atomic E-state index is 0.00563. The Labute approximate surface area is 275 Å². The number of esters is 4. The van der Waals surface area contributed by atoms with E-state index in [1.165, 1.54) is 21.0 Å². The highest BCUT2D eigenvalue weighted by molar-refractivity contribution is 5.87. The van der Waals surface area contributed by atoms with E-state index >= 15 is 0 Å². The van der Waals surface area contributed by atoms with Crippen molar-refractivity contribution in [2.24, 2.45) is 28.1 Å². The zero-order valence-corrected chi connectivity index (χ0v) is 28.6. The van der Waals surface area contributed by atoms with Crippen molar-refractivity contribution < 1.29 is 52.1 Å². The van der Waals surface area contributed by atoms with Crippen LogP contribution in [-0.2, 0) is 47.7 Å². The molecule has 0 bridgehead atoms. The number of hydrogen-bond acceptors (Lipinski definition) is 11. The van der Waals surface area contributed by atoms with Crippen LogP contribution in [0.4, 0.5) is 0 Å². The van der Waals surface area contributed by atoms with E-state index in [0.717, 1.165) is 23.0 Å². The van der Waals surface area contributed by atoms with Crippen molar-refractivity contribution in [1.82, 2.24) is 0 Å². The first-order chi connectivity index (χ1) is 22.1. The van der Waals surface area contributed by atoms with Crippen molar-refractivity contribution in [1.29, 1.82) is 0 Å². The number of hydrogen-bond donors (Lipinski definition) is 0. The number of rotatable bonds is 8. The number of furan rings is 1. The van der Waals surface area contributed by atoms with E-state index in [-0.39, 0.29) is 24.9 Å². The summed E-state index contributed by atoms with van der Waals surface area (Å²) >= 11 is 0. The summed E-state index contributed by atoms with van der Waals surface area (Å²) < 4.78 is 35.9. The summed E-state index contributed by atoms with van der Waals surface area (Å²) in [6, 6.07) is 1.92. The van der Waals surface area contributed by atoms with Crippen LogP contribution in [0.3, 0.4) is 0 Å². The third kappa shape index (κ3) is 5.25. The van der Waals surface area contributed by atoms with Gasteiger partial charge in [-0.15, -0.1) is 0 Å². The van der Waals surface area contributed by atoms with Gasteiger partial charge >= 0.3 is 23.9 Å². The predicted molar refractivity (Wildman–Crippen MR) is 166 cm³/mol. The fourth-order valence-electron chi connectivity index (χ4n) is 9.77. The third-order valence-electron chi connectivity index (χ3n) is 11.9. The standard InChI is InChI=1S/C36H46O11/c1-10-18(2)33(41)47-27-15-26(44-20(4)38)34(6,17-37)31-30(45-21(5)39)32-36(8,25(35(27,31)7)14-28(40)42-9)29-19(3)23(13-24(29)46-32)22-11-12-43-16-22/h10-12,16-17,23-27,30-32H,13-15H2,1-9H3. The molecule has 3 aliphatic carbocycles. The Morgan fingerprint density at radius 2 is 1.68 bits per heavy atom. The SMILES string of the molecule is CC=C(C)C(=O)OC1CC(OC(C)=O)C(C)(C=O)C2C(OC(C)=O)C3OC4CC(c5ccoc5)C(C)=C4C3(C)C(CC(=O)OC)C12C. The number of carbonyl (C=O) groups excluding carboxylic acids is 5. The summed E-state index contributed by atoms with van der Waals surface area (Å²) in [5.41, 5.74) is -0.161. The second-order valence-electron chi connectivity index (χ2n) is 14.2. The van der Waals surface area contributed by atoms with Crippen LogP contribution in [0.5, 0.6) is 0 Å². The van der Waals surface area contributed by atoms with Gasteiger partial charge in [-0.1, -0.05) is 25.5 Å². The van der Waals surface area contributed by atoms with E-state index in [4.69, 9.17) is 28.1 Å². The molecular weight excluding hydrogens is 608 g/mol. The highest BCUT2D eigenvalue weighted by Gasteiger charge is 2.77. The molecule has 2 saturated carbocycles. The fraction of sp³-hybridized carbons (Fsp3) is 0.639. The maximum absolute atomic E-state index is 13.5. The molecule has 0 amide bonds. The molecule has 5 rings (SSSR count). The topological polar surface area (TPSA) is 145 Å². The average molecular weight is 655 g/mol. The first-order valence-corrected chi connectivity index (χ1v) is 16.2. The lowest BCUT2D eigenvalue weighted by molar-refractivity contribution is -0.281. The van der Waals surface area contributed by atoms with Crippen molar-refractivity contribution in [3.63, 3.8) is 0 Å². The van der Waals surface area contributed by atoms with Crippen molar-refractivity contribution in [3.8, 4) is 0 Å². The van der Waals surface area contributed by atoms with Gasteiger partial charge < -0.3 is 32.9 Å². The second kappa shape index (κ2) is 12.4. The lowest BCUT2D eigenvalue weighted by Crippen LogP contribution is -2.74. The lowest BCUT2D eigenvalue weighted by Gasteiger charge is -2.67. The summed E-state index contributed by atoms with van der Waals surface area (Å²) in [6.45, 7) is 13.5. The quantitative estimate of drug-likeness (QED) is 0.122. The van der Waals surface area contributed by atoms with Gasteiger partial charge in [-0.3, -0.25) is 14.4 Å². The molecule has 1 saturated heterocycles. The number of allylic oxidation sites excluding steroid dienone is 2. The molecule has 3 fully saturated rings. The van der Waals surface area contributed by atoms with E-state index in [1.54, 1.807) is 39.4 Å². The largest absolute Gasteiger partial charge is 0.472 e. The van der Waals surface area contributed by atoms with Gasteiger partial charge in [0.25, 0.3) is 0 Å². The van der Waals surface area contributed by atoms with Crippen molar-refractivity contribution in [2.45, 2.75) is 111 Å². The van der Waals surface area contributed by atoms with Crippen molar-refractivity contribution in [2.75, 3.05) is 7.11 Å². The Bertz CT molecular complexity index is 1510. The van der Waals surface area contributed by atoms with Crippen LogP contribution in [0.2, 0.25) is 0 Å². The maximum Gasteiger partial charge on any atom is 0.333 e. The zero-order chi connectivity index (χ0) is 34.6. The van der Waals surface area contributed by atoms with E-state index in [0.29, 0.717) is 12.0 Å². The van der Waals surface area contributed by atoms with Gasteiger partial charge in [0.1, 0.15) is 30.7 Å². The third-order valence-corrected chi connectivity index (χ3v) is 11.9. The van der Waals surface area contributed by atoms with Crippen LogP contribution in [-0.4, -0.2) is 67.8 Å². The van der Waals surface area contributed by atoms with Gasteiger partial charge in [0.2, 0.25) is 0 Å². The lowest BCUT2D eigenvalue weighted by atomic mass is 9.39. The maximum atomic E-state index is 13.5. The molecule has 47 heavy (non-hydrogen) atoms. The molecule has 11 heteroatoms. The predicted octanol–water partition coefficient (Wildman–Crippen LogP) is 5.02. The molecule has 11 nitrogen and oxygen atoms in total. The monoisotopic (exact) mass is 654 g/mol. The molecule has 1 aliphatic heterocycles. The first kappa shape index (κ1) is 34.6. The van der Waals surface area contributed by atoms with Crippen LogP contribution >= 0.6 is 0 Å². The summed E-state index contributed by atoms with van der Waals surface area (Å²) in [7, 11) is 1.31. The molecule has 0 spiro atoms. The van der Waals surface area contributed by atoms with Crippen LogP contribution in [0.15, 0.2) is 45.8 Å². The fourth-order valence-corrected chi connectivity index (χ4v) is 9.77. The molecule has 11 atom stereocenters. The highest BCUT2D eigenvalue weighted by Crippen LogP contribution is 2.72. The van der Waals surface area contributed by atoms with Crippen LogP contribution in [0.25, 0.3) is 0 Å². The molecule has 1 aromatic rings. The summed E-state index contributed by atoms with van der Waals surface area (Å²) in [4.78, 5) is 65.6. The molecular formula is C36H46O11. The summed E-state index contributed by atoms with van der Waals surface area (Å²) in [6.07, 6.45) is 1.99. The number of carbonyl (C=O) groups is 5. The Morgan fingerprint density at radius 3 is 2.23 bits per heavy atom. The molecule has 11 unspecified atom stereocenters. The summed E-state index contributed by atoms with van der Waals surface area (Å²) in [5.74, 6) is -3.83. The Balaban J connectivity index is 1.81. The Kier molecular flexibility index (Phi) is 9.11. The average Bonchev–Trinajstić information content (AvgIpc) is 3.73. The molecule has 1 aromatic heterocycles. The molecule has 0 radical (unpaired) electrons. The summed E-state index contributed by atoms with van der Waals surface area (Å²) in [5, 5.41) is 0.